The number of para-hydroxylation sites is 1. The Hall–Kier alpha value is -4.57. The van der Waals surface area contributed by atoms with Gasteiger partial charge in [-0.25, -0.2) is 22.5 Å². The minimum Gasteiger partial charge on any atom is -0.460 e. The first-order valence-corrected chi connectivity index (χ1v) is 15.5. The molecule has 49 heavy (non-hydrogen) atoms. The highest BCUT2D eigenvalue weighted by Crippen LogP contribution is 2.47. The van der Waals surface area contributed by atoms with Gasteiger partial charge in [-0.15, -0.1) is 6.42 Å². The molecule has 264 valence electrons. The minimum atomic E-state index is -5.24. The van der Waals surface area contributed by atoms with E-state index in [2.05, 4.69) is 0 Å². The quantitative estimate of drug-likeness (QED) is 0.0529. The summed E-state index contributed by atoms with van der Waals surface area (Å²) in [6.45, 7) is 0.782. The number of aliphatic hydroxyl groups is 3. The summed E-state index contributed by atoms with van der Waals surface area (Å²) in [5.74, 6) is -13.9. The Bertz CT molecular complexity index is 1910. The fourth-order valence-corrected chi connectivity index (χ4v) is 6.11. The van der Waals surface area contributed by atoms with Gasteiger partial charge in [0.15, 0.2) is 11.8 Å². The Morgan fingerprint density at radius 2 is 1.65 bits per heavy atom. The summed E-state index contributed by atoms with van der Waals surface area (Å²) in [6.07, 6.45) is -0.0494. The molecule has 7 atom stereocenters. The monoisotopic (exact) mass is 719 g/mol. The molecule has 0 radical (unpaired) electrons. The summed E-state index contributed by atoms with van der Waals surface area (Å²) in [4.78, 5) is 38.8. The van der Waals surface area contributed by atoms with Crippen LogP contribution in [0.4, 0.5) is 22.0 Å². The van der Waals surface area contributed by atoms with E-state index in [4.69, 9.17) is 24.9 Å². The first-order chi connectivity index (χ1) is 23.0. The third-order valence-electron chi connectivity index (χ3n) is 7.05. The number of nitrogens with one attached hydrogen (secondary N) is 1. The summed E-state index contributed by atoms with van der Waals surface area (Å²) in [6, 6.07) is 5.72. The second-order valence-electron chi connectivity index (χ2n) is 10.6. The van der Waals surface area contributed by atoms with Crippen LogP contribution < -0.4 is 25.4 Å². The van der Waals surface area contributed by atoms with Crippen LogP contribution in [0, 0.1) is 41.4 Å². The lowest BCUT2D eigenvalue weighted by Gasteiger charge is -2.27. The molecule has 2 aromatic carbocycles. The van der Waals surface area contributed by atoms with Crippen LogP contribution in [0.1, 0.15) is 20.1 Å². The number of carbonyl (C=O) groups is 1. The Morgan fingerprint density at radius 1 is 1.06 bits per heavy atom. The van der Waals surface area contributed by atoms with E-state index in [1.165, 1.54) is 37.3 Å². The van der Waals surface area contributed by atoms with Crippen LogP contribution in [0.2, 0.25) is 0 Å². The van der Waals surface area contributed by atoms with E-state index in [0.29, 0.717) is 9.13 Å². The first-order valence-electron chi connectivity index (χ1n) is 14.0. The molecule has 1 fully saturated rings. The van der Waals surface area contributed by atoms with Crippen molar-refractivity contribution in [3.63, 3.8) is 0 Å². The highest BCUT2D eigenvalue weighted by atomic mass is 31.2. The molecular formula is C29H27F5N3O11P. The molecule has 2 heterocycles. The predicted octanol–water partition coefficient (Wildman–Crippen LogP) is 1.50. The zero-order valence-electron chi connectivity index (χ0n) is 25.3. The van der Waals surface area contributed by atoms with Crippen molar-refractivity contribution in [2.75, 3.05) is 6.61 Å². The van der Waals surface area contributed by atoms with Crippen LogP contribution in [0.15, 0.2) is 52.2 Å². The van der Waals surface area contributed by atoms with E-state index in [-0.39, 0.29) is 5.75 Å². The van der Waals surface area contributed by atoms with Gasteiger partial charge >= 0.3 is 19.4 Å². The molecule has 14 nitrogen and oxygen atoms in total. The number of aromatic nitrogens is 2. The van der Waals surface area contributed by atoms with Crippen molar-refractivity contribution >= 4 is 13.7 Å². The molecule has 0 amide bonds. The molecule has 1 saturated heterocycles. The second-order valence-corrected chi connectivity index (χ2v) is 12.2. The minimum absolute atomic E-state index is 0.281. The standard InChI is InChI=1S/C29H27F5N3O11P/c1-4-29(43)25(40)17(13-38)46-27(29)36-11-10-18(39)37(28(36)42)12-14(2)45-26(41)15(3)35-49(44,47-16-8-6-5-7-9-16)48-24-22(33)20(31)19(30)21(32)23(24)34/h1,5-11,14-15,17,25,27,38,40,43H,12-13H2,2-3H3,(H,35,44)/t14?,15-,17+,25+,27+,29+,49?/m0/s1. The number of terminal acetylenes is 1. The number of aliphatic hydroxyl groups excluding tert-OH is 2. The van der Waals surface area contributed by atoms with Crippen LogP contribution in [0.25, 0.3) is 0 Å². The van der Waals surface area contributed by atoms with Crippen LogP contribution in [0.5, 0.6) is 11.5 Å². The third kappa shape index (κ3) is 7.39. The molecule has 1 aliphatic heterocycles. The van der Waals surface area contributed by atoms with E-state index in [9.17, 15) is 56.2 Å². The van der Waals surface area contributed by atoms with E-state index in [0.717, 1.165) is 19.2 Å². The van der Waals surface area contributed by atoms with Crippen molar-refractivity contribution < 1.29 is 65.2 Å². The lowest BCUT2D eigenvalue weighted by molar-refractivity contribution is -0.150. The summed E-state index contributed by atoms with van der Waals surface area (Å²) < 4.78 is 105. The molecule has 0 aliphatic carbocycles. The molecule has 1 aromatic heterocycles. The van der Waals surface area contributed by atoms with Gasteiger partial charge < -0.3 is 33.8 Å². The maximum Gasteiger partial charge on any atom is 0.513 e. The van der Waals surface area contributed by atoms with Crippen LogP contribution >= 0.6 is 7.75 Å². The number of esters is 1. The van der Waals surface area contributed by atoms with Gasteiger partial charge in [0, 0.05) is 12.3 Å². The van der Waals surface area contributed by atoms with Gasteiger partial charge in [0.05, 0.1) is 13.2 Å². The fraction of sp³-hybridized carbons (Fsp3) is 0.345. The summed E-state index contributed by atoms with van der Waals surface area (Å²) >= 11 is 0. The van der Waals surface area contributed by atoms with Gasteiger partial charge in [0.2, 0.25) is 34.8 Å². The molecule has 0 saturated carbocycles. The van der Waals surface area contributed by atoms with Crippen molar-refractivity contribution in [1.82, 2.24) is 14.2 Å². The van der Waals surface area contributed by atoms with Crippen molar-refractivity contribution in [3.8, 4) is 23.8 Å². The van der Waals surface area contributed by atoms with Gasteiger partial charge in [-0.3, -0.25) is 18.7 Å². The van der Waals surface area contributed by atoms with Crippen molar-refractivity contribution in [1.29, 1.82) is 0 Å². The average molecular weight is 720 g/mol. The molecule has 3 aromatic rings. The molecule has 2 unspecified atom stereocenters. The maximum absolute atomic E-state index is 14.4. The molecule has 0 spiro atoms. The Morgan fingerprint density at radius 3 is 2.22 bits per heavy atom. The lowest BCUT2D eigenvalue weighted by Crippen LogP contribution is -2.50. The number of benzene rings is 2. The summed E-state index contributed by atoms with van der Waals surface area (Å²) in [5, 5.41) is 32.5. The number of hydrogen-bond donors (Lipinski definition) is 4. The number of nitrogens with zero attached hydrogens (tertiary/aromatic N) is 2. The van der Waals surface area contributed by atoms with Crippen molar-refractivity contribution in [3.05, 3.63) is 92.5 Å². The van der Waals surface area contributed by atoms with E-state index >= 15 is 0 Å². The Kier molecular flexibility index (Phi) is 11.0. The summed E-state index contributed by atoms with van der Waals surface area (Å²) in [7, 11) is -5.24. The first kappa shape index (κ1) is 37.3. The van der Waals surface area contributed by atoms with Crippen LogP contribution in [-0.4, -0.2) is 67.0 Å². The topological polar surface area (TPSA) is 188 Å². The highest BCUT2D eigenvalue weighted by molar-refractivity contribution is 7.52. The van der Waals surface area contributed by atoms with Crippen molar-refractivity contribution in [2.45, 2.75) is 56.6 Å². The SMILES string of the molecule is C#C[C@@]1(O)[C@H](O)[C@@H](CO)O[C@H]1n1ccc(=O)n(CC(C)OC(=O)[C@H](C)NP(=O)(Oc2ccccc2)Oc2c(F)c(F)c(F)c(F)c2F)c1=O. The predicted molar refractivity (Wildman–Crippen MR) is 155 cm³/mol. The van der Waals surface area contributed by atoms with E-state index in [1.54, 1.807) is 0 Å². The molecule has 20 heteroatoms. The number of carbonyl (C=O) groups excluding carboxylic acids is 1. The molecule has 4 N–H and O–H groups in total. The van der Waals surface area contributed by atoms with Crippen LogP contribution in [-0.2, 0) is 25.4 Å². The molecule has 0 bridgehead atoms. The maximum atomic E-state index is 14.4. The number of rotatable bonds is 12. The molecular weight excluding hydrogens is 692 g/mol. The van der Waals surface area contributed by atoms with Gasteiger partial charge in [-0.05, 0) is 26.0 Å². The van der Waals surface area contributed by atoms with Gasteiger partial charge in [-0.1, -0.05) is 24.1 Å². The normalized spacial score (nSPS) is 22.8. The second kappa shape index (κ2) is 14.5. The molecule has 4 rings (SSSR count). The fourth-order valence-electron chi connectivity index (χ4n) is 4.59. The Labute approximate surface area is 272 Å². The molecule has 1 aliphatic rings. The van der Waals surface area contributed by atoms with Crippen molar-refractivity contribution in [2.24, 2.45) is 0 Å². The third-order valence-corrected chi connectivity index (χ3v) is 8.63. The lowest BCUT2D eigenvalue weighted by atomic mass is 9.95. The van der Waals surface area contributed by atoms with Gasteiger partial charge in [0.1, 0.15) is 30.1 Å². The Balaban J connectivity index is 1.56. The van der Waals surface area contributed by atoms with E-state index in [1.807, 2.05) is 11.0 Å². The number of halogens is 5. The highest BCUT2D eigenvalue weighted by Gasteiger charge is 2.55. The average Bonchev–Trinajstić information content (AvgIpc) is 3.32. The van der Waals surface area contributed by atoms with E-state index < -0.39 is 109 Å². The smallest absolute Gasteiger partial charge is 0.460 e. The largest absolute Gasteiger partial charge is 0.513 e. The number of ether oxygens (including phenoxy) is 2. The zero-order chi connectivity index (χ0) is 36.4. The number of hydrogen-bond acceptors (Lipinski definition) is 11. The zero-order valence-corrected chi connectivity index (χ0v) is 26.2. The van der Waals surface area contributed by atoms with Gasteiger partial charge in [-0.2, -0.15) is 13.9 Å². The summed E-state index contributed by atoms with van der Waals surface area (Å²) in [5.41, 5.74) is -4.58. The van der Waals surface area contributed by atoms with Gasteiger partial charge in [0.25, 0.3) is 5.56 Å². The van der Waals surface area contributed by atoms with Crippen LogP contribution in [0.3, 0.4) is 0 Å².